The molecule has 0 aromatic carbocycles. The van der Waals surface area contributed by atoms with Crippen LogP contribution >= 0.6 is 59.9 Å². The van der Waals surface area contributed by atoms with E-state index in [1.807, 2.05) is 0 Å². The van der Waals surface area contributed by atoms with E-state index in [1.165, 1.54) is 7.11 Å². The molecule has 8 heteroatoms. The molecule has 16 heavy (non-hydrogen) atoms. The van der Waals surface area contributed by atoms with E-state index in [0.29, 0.717) is 0 Å². The molecule has 0 heterocycles. The van der Waals surface area contributed by atoms with E-state index >= 15 is 0 Å². The molecular weight excluding hydrogens is 590 g/mol. The van der Waals surface area contributed by atoms with Crippen molar-refractivity contribution in [2.75, 3.05) is 7.11 Å². The normalized spacial score (nSPS) is 11.6. The summed E-state index contributed by atoms with van der Waals surface area (Å²) in [5.41, 5.74) is -1.69. The Kier molecular flexibility index (Phi) is 11.4. The minimum atomic E-state index is -0.985. The van der Waals surface area contributed by atoms with Crippen molar-refractivity contribution >= 4 is 66.0 Å². The van der Waals surface area contributed by atoms with Gasteiger partial charge in [-0.25, -0.2) is 4.79 Å². The second kappa shape index (κ2) is 9.00. The number of hydrogen-bond acceptors (Lipinski definition) is 3. The Morgan fingerprint density at radius 3 is 1.75 bits per heavy atom. The van der Waals surface area contributed by atoms with Crippen molar-refractivity contribution in [3.63, 3.8) is 0 Å². The summed E-state index contributed by atoms with van der Waals surface area (Å²) < 4.78 is 4.42. The fraction of sp³-hybridized carbons (Fsp3) is 0.875. The summed E-state index contributed by atoms with van der Waals surface area (Å²) in [6.45, 7) is 6.71. The van der Waals surface area contributed by atoms with Crippen LogP contribution in [0.25, 0.3) is 0 Å². The first-order chi connectivity index (χ1) is 6.94. The summed E-state index contributed by atoms with van der Waals surface area (Å²) in [5, 5.41) is 12.2. The number of amides is 1. The Bertz CT molecular complexity index is 216. The van der Waals surface area contributed by atoms with E-state index in [2.05, 4.69) is 70.0 Å². The van der Waals surface area contributed by atoms with Gasteiger partial charge in [0.15, 0.2) is 0 Å². The summed E-state index contributed by atoms with van der Waals surface area (Å²) in [7, 11) is 1.29. The Morgan fingerprint density at radius 2 is 1.56 bits per heavy atom. The number of aliphatic hydroxyl groups is 1. The Labute approximate surface area is 135 Å². The van der Waals surface area contributed by atoms with Gasteiger partial charge in [0, 0.05) is 0 Å². The van der Waals surface area contributed by atoms with Crippen LogP contribution in [0.15, 0.2) is 0 Å². The summed E-state index contributed by atoms with van der Waals surface area (Å²) >= 11 is 7.39. The summed E-state index contributed by atoms with van der Waals surface area (Å²) in [5.74, 6) is 0. The number of ether oxygens (including phenoxy) is 1. The zero-order valence-corrected chi connectivity index (χ0v) is 17.7. The molecule has 0 spiro atoms. The van der Waals surface area contributed by atoms with E-state index in [-0.39, 0.29) is 4.92 Å². The molecule has 2 N–H and O–H groups in total. The van der Waals surface area contributed by atoms with Crippen molar-refractivity contribution in [2.45, 2.75) is 38.8 Å². The van der Waals surface area contributed by atoms with Crippen LogP contribution in [0, 0.1) is 0 Å². The van der Waals surface area contributed by atoms with Crippen molar-refractivity contribution in [1.82, 2.24) is 5.32 Å². The van der Waals surface area contributed by atoms with Crippen LogP contribution in [0.2, 0.25) is 0 Å². The summed E-state index contributed by atoms with van der Waals surface area (Å²) in [6.07, 6.45) is -0.540. The van der Waals surface area contributed by atoms with Crippen LogP contribution < -0.4 is 5.32 Å². The molecule has 0 atom stereocenters. The fourth-order valence-electron chi connectivity index (χ4n) is 0.459. The first kappa shape index (κ1) is 20.3. The Balaban J connectivity index is 0. The molecule has 4 nitrogen and oxygen atoms in total. The third-order valence-corrected chi connectivity index (χ3v) is 2.13. The number of methoxy groups -OCH3 is 1. The van der Waals surface area contributed by atoms with Crippen LogP contribution in [0.5, 0.6) is 0 Å². The maximum atomic E-state index is 10.8. The third kappa shape index (κ3) is 11.1. The Morgan fingerprint density at radius 1 is 1.25 bits per heavy atom. The van der Waals surface area contributed by atoms with Crippen LogP contribution in [0.4, 0.5) is 4.79 Å². The molecule has 0 aliphatic rings. The number of rotatable bonds is 2. The van der Waals surface area contributed by atoms with Crippen molar-refractivity contribution in [3.8, 4) is 0 Å². The molecule has 0 aliphatic carbocycles. The van der Waals surface area contributed by atoms with Gasteiger partial charge in [-0.05, 0) is 27.7 Å². The standard InChI is InChI=1S/C8H17NO3.3HI.V/c1-7(2,8(3,4)11)9-6(10)12-5;;;;/h11H,1-5H3,(H,9,10);3*1H;/q;;;;+3/p-3. The average molecular weight is 607 g/mol. The maximum absolute atomic E-state index is 10.8. The van der Waals surface area contributed by atoms with E-state index in [9.17, 15) is 9.90 Å². The van der Waals surface area contributed by atoms with Crippen molar-refractivity contribution in [1.29, 1.82) is 0 Å². The molecule has 0 bridgehead atoms. The van der Waals surface area contributed by atoms with E-state index < -0.39 is 17.2 Å². The van der Waals surface area contributed by atoms with Crippen LogP contribution in [-0.2, 0) is 9.66 Å². The van der Waals surface area contributed by atoms with Gasteiger partial charge in [0.1, 0.15) is 0 Å². The zero-order valence-electron chi connectivity index (χ0n) is 9.84. The monoisotopic (exact) mass is 607 g/mol. The van der Waals surface area contributed by atoms with Gasteiger partial charge in [0.25, 0.3) is 0 Å². The number of carbonyl (C=O) groups is 1. The topological polar surface area (TPSA) is 58.6 Å². The zero-order chi connectivity index (χ0) is 13.6. The SMILES string of the molecule is COC(=O)NC(C)(C)C(C)(C)O.[I][V]([I])[I]. The number of carbonyl (C=O) groups excluding carboxylic acids is 1. The van der Waals surface area contributed by atoms with Gasteiger partial charge in [-0.3, -0.25) is 0 Å². The van der Waals surface area contributed by atoms with Crippen LogP contribution in [0.3, 0.4) is 0 Å². The van der Waals surface area contributed by atoms with Gasteiger partial charge in [0.05, 0.1) is 18.2 Å². The molecule has 0 saturated carbocycles. The average Bonchev–Trinajstić information content (AvgIpc) is 1.99. The molecule has 1 amide bonds. The molecular formula is C8H17I3NO3V. The first-order valence-corrected chi connectivity index (χ1v) is 17.8. The van der Waals surface area contributed by atoms with Gasteiger partial charge in [-0.2, -0.15) is 0 Å². The molecule has 0 fully saturated rings. The summed E-state index contributed by atoms with van der Waals surface area (Å²) in [4.78, 5) is 10.6. The summed E-state index contributed by atoms with van der Waals surface area (Å²) in [6, 6.07) is 0. The van der Waals surface area contributed by atoms with Gasteiger partial charge in [-0.1, -0.05) is 0 Å². The first-order valence-electron chi connectivity index (χ1n) is 4.30. The fourth-order valence-corrected chi connectivity index (χ4v) is 0.459. The Hall–Kier alpha value is 2.00. The number of hydrogen-bond donors (Lipinski definition) is 2. The third-order valence-electron chi connectivity index (χ3n) is 2.13. The molecule has 0 rings (SSSR count). The van der Waals surface area contributed by atoms with Crippen molar-refractivity contribution in [2.24, 2.45) is 0 Å². The van der Waals surface area contributed by atoms with Gasteiger partial charge in [-0.15, -0.1) is 0 Å². The number of nitrogens with one attached hydrogen (secondary N) is 1. The van der Waals surface area contributed by atoms with Crippen molar-refractivity contribution in [3.05, 3.63) is 0 Å². The molecule has 0 radical (unpaired) electrons. The second-order valence-corrected chi connectivity index (χ2v) is 39.4. The molecule has 0 aromatic heterocycles. The quantitative estimate of drug-likeness (QED) is 0.473. The number of halogens is 3. The molecule has 0 unspecified atom stereocenters. The molecule has 0 aliphatic heterocycles. The van der Waals surface area contributed by atoms with E-state index in [1.54, 1.807) is 27.7 Å². The second-order valence-electron chi connectivity index (χ2n) is 3.99. The minimum absolute atomic E-state index is 0.278. The van der Waals surface area contributed by atoms with Crippen molar-refractivity contribution < 1.29 is 19.6 Å². The van der Waals surface area contributed by atoms with E-state index in [4.69, 9.17) is 0 Å². The molecule has 0 saturated heterocycles. The van der Waals surface area contributed by atoms with Gasteiger partial charge in [0.2, 0.25) is 0 Å². The van der Waals surface area contributed by atoms with E-state index in [0.717, 1.165) is 0 Å². The molecule has 98 valence electrons. The van der Waals surface area contributed by atoms with Crippen LogP contribution in [0.1, 0.15) is 27.7 Å². The van der Waals surface area contributed by atoms with Gasteiger partial charge >= 0.3 is 71.0 Å². The van der Waals surface area contributed by atoms with Gasteiger partial charge < -0.3 is 15.2 Å². The number of alkyl carbamates (subject to hydrolysis) is 1. The predicted molar refractivity (Wildman–Crippen MR) is 88.0 cm³/mol. The van der Waals surface area contributed by atoms with Crippen LogP contribution in [-0.4, -0.2) is 29.4 Å². The predicted octanol–water partition coefficient (Wildman–Crippen LogP) is 3.55. The molecule has 0 aromatic rings.